The monoisotopic (exact) mass is 326 g/mol. The fourth-order valence-corrected chi connectivity index (χ4v) is 1.99. The second kappa shape index (κ2) is 8.62. The van der Waals surface area contributed by atoms with Crippen LogP contribution in [0.4, 0.5) is 11.4 Å². The summed E-state index contributed by atoms with van der Waals surface area (Å²) in [5.41, 5.74) is 2.42. The minimum absolute atomic E-state index is 0.138. The van der Waals surface area contributed by atoms with Crippen LogP contribution in [0, 0.1) is 0 Å². The van der Waals surface area contributed by atoms with E-state index in [0.29, 0.717) is 12.4 Å². The maximum atomic E-state index is 12.1. The fraction of sp³-hybridized carbons (Fsp3) is 0.211. The van der Waals surface area contributed by atoms with Gasteiger partial charge in [-0.1, -0.05) is 18.7 Å². The lowest BCUT2D eigenvalue weighted by Gasteiger charge is -2.13. The van der Waals surface area contributed by atoms with Gasteiger partial charge in [-0.3, -0.25) is 4.79 Å². The molecule has 0 unspecified atom stereocenters. The Bertz CT molecular complexity index is 696. The molecule has 0 bridgehead atoms. The van der Waals surface area contributed by atoms with Gasteiger partial charge in [-0.05, 0) is 48.9 Å². The van der Waals surface area contributed by atoms with Crippen LogP contribution in [-0.4, -0.2) is 26.2 Å². The average Bonchev–Trinajstić information content (AvgIpc) is 2.59. The third-order valence-electron chi connectivity index (χ3n) is 3.17. The zero-order chi connectivity index (χ0) is 17.4. The first kappa shape index (κ1) is 17.4. The Morgan fingerprint density at radius 1 is 1.12 bits per heavy atom. The lowest BCUT2D eigenvalue weighted by atomic mass is 10.2. The van der Waals surface area contributed by atoms with Crippen LogP contribution < -0.4 is 20.1 Å². The van der Waals surface area contributed by atoms with Crippen molar-refractivity contribution in [3.8, 4) is 11.5 Å². The molecule has 0 atom stereocenters. The molecule has 1 amide bonds. The molecule has 5 heteroatoms. The van der Waals surface area contributed by atoms with Gasteiger partial charge in [0.15, 0.2) is 0 Å². The molecule has 0 aromatic heterocycles. The van der Waals surface area contributed by atoms with Crippen molar-refractivity contribution in [2.24, 2.45) is 0 Å². The maximum absolute atomic E-state index is 12.1. The first-order chi connectivity index (χ1) is 11.6. The Balaban J connectivity index is 1.90. The molecule has 5 nitrogen and oxygen atoms in total. The van der Waals surface area contributed by atoms with Crippen LogP contribution in [0.3, 0.4) is 0 Å². The molecule has 0 saturated carbocycles. The Morgan fingerprint density at radius 2 is 1.83 bits per heavy atom. The van der Waals surface area contributed by atoms with E-state index in [1.807, 2.05) is 31.2 Å². The van der Waals surface area contributed by atoms with Gasteiger partial charge in [0, 0.05) is 5.69 Å². The molecule has 2 N–H and O–H groups in total. The molecule has 0 radical (unpaired) electrons. The summed E-state index contributed by atoms with van der Waals surface area (Å²) in [6.45, 7) is 6.30. The Kier molecular flexibility index (Phi) is 6.25. The fourth-order valence-electron chi connectivity index (χ4n) is 1.99. The van der Waals surface area contributed by atoms with Crippen molar-refractivity contribution in [3.05, 3.63) is 60.7 Å². The van der Waals surface area contributed by atoms with Gasteiger partial charge in [0.1, 0.15) is 18.1 Å². The molecule has 2 aromatic rings. The maximum Gasteiger partial charge on any atom is 0.243 e. The number of carbonyl (C=O) groups excluding carboxylic acids is 1. The highest BCUT2D eigenvalue weighted by Crippen LogP contribution is 2.24. The number of hydrogen-bond donors (Lipinski definition) is 2. The highest BCUT2D eigenvalue weighted by molar-refractivity contribution is 5.94. The van der Waals surface area contributed by atoms with Crippen molar-refractivity contribution in [1.29, 1.82) is 0 Å². The average molecular weight is 326 g/mol. The van der Waals surface area contributed by atoms with E-state index in [4.69, 9.17) is 9.47 Å². The number of amides is 1. The van der Waals surface area contributed by atoms with Crippen LogP contribution in [0.25, 0.3) is 0 Å². The van der Waals surface area contributed by atoms with Crippen molar-refractivity contribution in [3.63, 3.8) is 0 Å². The van der Waals surface area contributed by atoms with Gasteiger partial charge in [-0.25, -0.2) is 0 Å². The number of carbonyl (C=O) groups is 1. The van der Waals surface area contributed by atoms with Gasteiger partial charge in [-0.15, -0.1) is 0 Å². The van der Waals surface area contributed by atoms with E-state index in [2.05, 4.69) is 17.2 Å². The number of para-hydroxylation sites is 2. The van der Waals surface area contributed by atoms with E-state index in [0.717, 1.165) is 22.7 Å². The molecule has 0 spiro atoms. The molecule has 2 aromatic carbocycles. The summed E-state index contributed by atoms with van der Waals surface area (Å²) in [6, 6.07) is 14.7. The summed E-state index contributed by atoms with van der Waals surface area (Å²) in [7, 11) is 1.60. The third kappa shape index (κ3) is 5.35. The lowest BCUT2D eigenvalue weighted by Crippen LogP contribution is -2.22. The van der Waals surface area contributed by atoms with E-state index in [9.17, 15) is 4.79 Å². The smallest absolute Gasteiger partial charge is 0.243 e. The number of ether oxygens (including phenoxy) is 2. The Morgan fingerprint density at radius 3 is 2.50 bits per heavy atom. The van der Waals surface area contributed by atoms with Crippen LogP contribution in [-0.2, 0) is 4.79 Å². The highest BCUT2D eigenvalue weighted by atomic mass is 16.5. The molecule has 24 heavy (non-hydrogen) atoms. The second-order valence-corrected chi connectivity index (χ2v) is 5.37. The van der Waals surface area contributed by atoms with Crippen LogP contribution in [0.2, 0.25) is 0 Å². The molecular formula is C19H22N2O3. The number of rotatable bonds is 8. The molecule has 0 aliphatic rings. The summed E-state index contributed by atoms with van der Waals surface area (Å²) in [4.78, 5) is 12.1. The van der Waals surface area contributed by atoms with Crippen molar-refractivity contribution in [2.75, 3.05) is 30.9 Å². The summed E-state index contributed by atoms with van der Waals surface area (Å²) in [5.74, 6) is 1.29. The summed E-state index contributed by atoms with van der Waals surface area (Å²) in [6.07, 6.45) is 0. The number of nitrogens with one attached hydrogen (secondary N) is 2. The van der Waals surface area contributed by atoms with E-state index in [-0.39, 0.29) is 12.5 Å². The standard InChI is InChI=1S/C19H22N2O3/c1-14(2)13-24-18-7-5-4-6-17(18)20-12-19(22)21-15-8-10-16(23-3)11-9-15/h4-11,20H,1,12-13H2,2-3H3,(H,21,22). The van der Waals surface area contributed by atoms with Gasteiger partial charge in [0.2, 0.25) is 5.91 Å². The molecule has 0 saturated heterocycles. The first-order valence-electron chi connectivity index (χ1n) is 7.62. The van der Waals surface area contributed by atoms with Crippen LogP contribution in [0.1, 0.15) is 6.92 Å². The van der Waals surface area contributed by atoms with Crippen LogP contribution in [0.5, 0.6) is 11.5 Å². The van der Waals surface area contributed by atoms with E-state index >= 15 is 0 Å². The van der Waals surface area contributed by atoms with Crippen molar-refractivity contribution < 1.29 is 14.3 Å². The van der Waals surface area contributed by atoms with Gasteiger partial charge >= 0.3 is 0 Å². The van der Waals surface area contributed by atoms with E-state index < -0.39 is 0 Å². The van der Waals surface area contributed by atoms with Crippen molar-refractivity contribution >= 4 is 17.3 Å². The SMILES string of the molecule is C=C(C)COc1ccccc1NCC(=O)Nc1ccc(OC)cc1. The summed E-state index contributed by atoms with van der Waals surface area (Å²) in [5, 5.41) is 5.91. The molecule has 0 aliphatic heterocycles. The molecule has 0 heterocycles. The second-order valence-electron chi connectivity index (χ2n) is 5.37. The summed E-state index contributed by atoms with van der Waals surface area (Å²) >= 11 is 0. The van der Waals surface area contributed by atoms with Crippen LogP contribution >= 0.6 is 0 Å². The topological polar surface area (TPSA) is 59.6 Å². The first-order valence-corrected chi connectivity index (χ1v) is 7.62. The quantitative estimate of drug-likeness (QED) is 0.726. The Labute approximate surface area is 142 Å². The van der Waals surface area contributed by atoms with Gasteiger partial charge in [0.05, 0.1) is 19.3 Å². The van der Waals surface area contributed by atoms with Crippen molar-refractivity contribution in [1.82, 2.24) is 0 Å². The molecule has 2 rings (SSSR count). The number of hydrogen-bond acceptors (Lipinski definition) is 4. The van der Waals surface area contributed by atoms with Crippen molar-refractivity contribution in [2.45, 2.75) is 6.92 Å². The molecule has 0 aliphatic carbocycles. The zero-order valence-electron chi connectivity index (χ0n) is 14.0. The predicted octanol–water partition coefficient (Wildman–Crippen LogP) is 3.70. The normalized spacial score (nSPS) is 9.92. The largest absolute Gasteiger partial charge is 0.497 e. The number of methoxy groups -OCH3 is 1. The van der Waals surface area contributed by atoms with Gasteiger partial charge < -0.3 is 20.1 Å². The minimum atomic E-state index is -0.144. The van der Waals surface area contributed by atoms with E-state index in [1.165, 1.54) is 0 Å². The van der Waals surface area contributed by atoms with Crippen LogP contribution in [0.15, 0.2) is 60.7 Å². The highest BCUT2D eigenvalue weighted by Gasteiger charge is 2.06. The minimum Gasteiger partial charge on any atom is -0.497 e. The lowest BCUT2D eigenvalue weighted by molar-refractivity contribution is -0.114. The third-order valence-corrected chi connectivity index (χ3v) is 3.17. The number of anilines is 2. The zero-order valence-corrected chi connectivity index (χ0v) is 14.0. The van der Waals surface area contributed by atoms with E-state index in [1.54, 1.807) is 31.4 Å². The Hall–Kier alpha value is -2.95. The molecule has 0 fully saturated rings. The summed E-state index contributed by atoms with van der Waals surface area (Å²) < 4.78 is 10.8. The van der Waals surface area contributed by atoms with Gasteiger partial charge in [0.25, 0.3) is 0 Å². The molecular weight excluding hydrogens is 304 g/mol. The molecule has 126 valence electrons. The number of benzene rings is 2. The predicted molar refractivity (Wildman–Crippen MR) is 96.9 cm³/mol. The van der Waals surface area contributed by atoms with Gasteiger partial charge in [-0.2, -0.15) is 0 Å².